The van der Waals surface area contributed by atoms with Crippen molar-refractivity contribution in [1.29, 1.82) is 0 Å². The van der Waals surface area contributed by atoms with Crippen molar-refractivity contribution < 1.29 is 8.42 Å². The zero-order valence-electron chi connectivity index (χ0n) is 14.4. The van der Waals surface area contributed by atoms with E-state index >= 15 is 0 Å². The molecule has 4 rings (SSSR count). The Balaban J connectivity index is 1.76. The first kappa shape index (κ1) is 17.1. The minimum Gasteiger partial charge on any atom is -0.284 e. The van der Waals surface area contributed by atoms with Gasteiger partial charge in [0.05, 0.1) is 6.26 Å². The highest BCUT2D eigenvalue weighted by Crippen LogP contribution is 2.41. The molecule has 2 aliphatic carbocycles. The fourth-order valence-corrected chi connectivity index (χ4v) is 5.11. The van der Waals surface area contributed by atoms with Crippen LogP contribution < -0.4 is 4.72 Å². The molecule has 2 aliphatic rings. The van der Waals surface area contributed by atoms with Crippen LogP contribution in [0.5, 0.6) is 0 Å². The number of anilines is 1. The van der Waals surface area contributed by atoms with Crippen LogP contribution in [0.1, 0.15) is 32.9 Å². The van der Waals surface area contributed by atoms with Gasteiger partial charge in [-0.2, -0.15) is 0 Å². The quantitative estimate of drug-likeness (QED) is 0.794. The topological polar surface area (TPSA) is 46.2 Å². The van der Waals surface area contributed by atoms with Gasteiger partial charge in [0.15, 0.2) is 0 Å². The summed E-state index contributed by atoms with van der Waals surface area (Å²) in [6, 6.07) is 7.51. The standard InChI is InChI=1S/C21H19NO2S2/c1-26(23,24)22-17-9-5-7-15(14-17)13-16-8-6-12-20-21(16)18-10-3-2-4-11-19(18)25-20/h2-7,9-10,12-14,22H,8,11H2,1H3/b16-13+. The first-order valence-electron chi connectivity index (χ1n) is 8.44. The molecule has 1 aromatic carbocycles. The Hall–Kier alpha value is -2.37. The van der Waals surface area contributed by atoms with Crippen LogP contribution in [0.2, 0.25) is 0 Å². The van der Waals surface area contributed by atoms with Crippen molar-refractivity contribution in [3.8, 4) is 0 Å². The lowest BCUT2D eigenvalue weighted by molar-refractivity contribution is 0.607. The van der Waals surface area contributed by atoms with E-state index in [4.69, 9.17) is 0 Å². The van der Waals surface area contributed by atoms with Crippen LogP contribution in [0.4, 0.5) is 5.69 Å². The van der Waals surface area contributed by atoms with E-state index in [1.807, 2.05) is 29.5 Å². The second kappa shape index (κ2) is 6.74. The summed E-state index contributed by atoms with van der Waals surface area (Å²) < 4.78 is 25.5. The van der Waals surface area contributed by atoms with Crippen molar-refractivity contribution in [2.45, 2.75) is 12.8 Å². The van der Waals surface area contributed by atoms with Gasteiger partial charge in [0.25, 0.3) is 0 Å². The number of hydrogen-bond donors (Lipinski definition) is 1. The van der Waals surface area contributed by atoms with Gasteiger partial charge in [0.1, 0.15) is 0 Å². The molecule has 0 saturated carbocycles. The predicted molar refractivity (Wildman–Crippen MR) is 113 cm³/mol. The maximum Gasteiger partial charge on any atom is 0.229 e. The number of hydrogen-bond acceptors (Lipinski definition) is 3. The van der Waals surface area contributed by atoms with Crippen molar-refractivity contribution in [3.05, 3.63) is 75.0 Å². The van der Waals surface area contributed by atoms with Crippen LogP contribution in [-0.2, 0) is 16.4 Å². The summed E-state index contributed by atoms with van der Waals surface area (Å²) in [5.74, 6) is 0. The van der Waals surface area contributed by atoms with Crippen LogP contribution in [0.15, 0.2) is 48.6 Å². The molecule has 0 radical (unpaired) electrons. The monoisotopic (exact) mass is 381 g/mol. The molecule has 132 valence electrons. The SMILES string of the molecule is CS(=O)(=O)Nc1cccc(/C=C2\CC=Cc3sc4c(c32)C=CC=CC4)c1. The Bertz CT molecular complexity index is 1080. The lowest BCUT2D eigenvalue weighted by atomic mass is 9.92. The largest absolute Gasteiger partial charge is 0.284 e. The van der Waals surface area contributed by atoms with E-state index in [2.05, 4.69) is 47.3 Å². The van der Waals surface area contributed by atoms with Crippen molar-refractivity contribution in [2.24, 2.45) is 0 Å². The van der Waals surface area contributed by atoms with Crippen molar-refractivity contribution in [3.63, 3.8) is 0 Å². The summed E-state index contributed by atoms with van der Waals surface area (Å²) in [5, 5.41) is 0. The van der Waals surface area contributed by atoms with E-state index in [9.17, 15) is 8.42 Å². The number of sulfonamides is 1. The number of nitrogens with one attached hydrogen (secondary N) is 1. The van der Waals surface area contributed by atoms with Crippen molar-refractivity contribution in [2.75, 3.05) is 11.0 Å². The highest BCUT2D eigenvalue weighted by atomic mass is 32.2. The lowest BCUT2D eigenvalue weighted by Crippen LogP contribution is -2.09. The maximum atomic E-state index is 11.5. The van der Waals surface area contributed by atoms with Gasteiger partial charge in [0, 0.05) is 27.4 Å². The first-order valence-corrected chi connectivity index (χ1v) is 11.1. The average molecular weight is 382 g/mol. The molecular formula is C21H19NO2S2. The fraction of sp³-hybridized carbons (Fsp3) is 0.143. The molecular weight excluding hydrogens is 362 g/mol. The van der Waals surface area contributed by atoms with Crippen LogP contribution in [0.3, 0.4) is 0 Å². The molecule has 0 saturated heterocycles. The Labute approximate surface area is 158 Å². The molecule has 0 bridgehead atoms. The summed E-state index contributed by atoms with van der Waals surface area (Å²) >= 11 is 1.85. The van der Waals surface area contributed by atoms with Gasteiger partial charge >= 0.3 is 0 Å². The summed E-state index contributed by atoms with van der Waals surface area (Å²) in [4.78, 5) is 2.70. The zero-order valence-corrected chi connectivity index (χ0v) is 16.0. The summed E-state index contributed by atoms with van der Waals surface area (Å²) in [5.41, 5.74) is 5.47. The van der Waals surface area contributed by atoms with Gasteiger partial charge < -0.3 is 0 Å². The number of rotatable bonds is 3. The molecule has 0 fully saturated rings. The minimum atomic E-state index is -3.28. The van der Waals surface area contributed by atoms with Crippen molar-refractivity contribution >= 4 is 50.8 Å². The molecule has 1 aromatic heterocycles. The molecule has 1 N–H and O–H groups in total. The van der Waals surface area contributed by atoms with Crippen LogP contribution >= 0.6 is 11.3 Å². The Morgan fingerprint density at radius 2 is 2.00 bits per heavy atom. The molecule has 5 heteroatoms. The van der Waals surface area contributed by atoms with Crippen molar-refractivity contribution in [1.82, 2.24) is 0 Å². The van der Waals surface area contributed by atoms with Crippen LogP contribution in [0.25, 0.3) is 23.8 Å². The average Bonchev–Trinajstić information content (AvgIpc) is 2.77. The van der Waals surface area contributed by atoms with Gasteiger partial charge in [-0.1, -0.05) is 48.6 Å². The second-order valence-corrected chi connectivity index (χ2v) is 9.33. The predicted octanol–water partition coefficient (Wildman–Crippen LogP) is 5.20. The summed E-state index contributed by atoms with van der Waals surface area (Å²) in [6.45, 7) is 0. The lowest BCUT2D eigenvalue weighted by Gasteiger charge is -2.13. The van der Waals surface area contributed by atoms with Crippen LogP contribution in [0, 0.1) is 0 Å². The molecule has 0 spiro atoms. The Kier molecular flexibility index (Phi) is 4.42. The van der Waals surface area contributed by atoms with E-state index in [0.717, 1.165) is 24.7 Å². The second-order valence-electron chi connectivity index (χ2n) is 6.45. The number of thiophene rings is 1. The Morgan fingerprint density at radius 3 is 2.85 bits per heavy atom. The highest BCUT2D eigenvalue weighted by Gasteiger charge is 2.20. The Morgan fingerprint density at radius 1 is 1.12 bits per heavy atom. The minimum absolute atomic E-state index is 0.585. The van der Waals surface area contributed by atoms with E-state index in [0.29, 0.717) is 5.69 Å². The summed E-state index contributed by atoms with van der Waals surface area (Å²) in [6.07, 6.45) is 18.2. The fourth-order valence-electron chi connectivity index (χ4n) is 3.33. The third-order valence-corrected chi connectivity index (χ3v) is 6.12. The number of fused-ring (bicyclic) bond motifs is 3. The third kappa shape index (κ3) is 3.59. The van der Waals surface area contributed by atoms with Gasteiger partial charge in [-0.3, -0.25) is 4.72 Å². The molecule has 2 aromatic rings. The van der Waals surface area contributed by atoms with Gasteiger partial charge in [-0.05, 0) is 41.3 Å². The highest BCUT2D eigenvalue weighted by molar-refractivity contribution is 7.92. The molecule has 0 unspecified atom stereocenters. The molecule has 0 amide bonds. The van der Waals surface area contributed by atoms with Gasteiger partial charge in [0.2, 0.25) is 10.0 Å². The van der Waals surface area contributed by atoms with Gasteiger partial charge in [-0.25, -0.2) is 8.42 Å². The normalized spacial score (nSPS) is 17.0. The number of benzene rings is 1. The van der Waals surface area contributed by atoms with E-state index in [-0.39, 0.29) is 0 Å². The van der Waals surface area contributed by atoms with Crippen LogP contribution in [-0.4, -0.2) is 14.7 Å². The smallest absolute Gasteiger partial charge is 0.229 e. The molecule has 1 heterocycles. The van der Waals surface area contributed by atoms with Gasteiger partial charge in [-0.15, -0.1) is 11.3 Å². The first-order chi connectivity index (χ1) is 12.5. The van der Waals surface area contributed by atoms with E-state index < -0.39 is 10.0 Å². The van der Waals surface area contributed by atoms with E-state index in [1.54, 1.807) is 6.07 Å². The number of allylic oxidation sites excluding steroid dienone is 5. The molecule has 0 atom stereocenters. The maximum absolute atomic E-state index is 11.5. The molecule has 0 aliphatic heterocycles. The summed E-state index contributed by atoms with van der Waals surface area (Å²) in [7, 11) is -3.28. The van der Waals surface area contributed by atoms with E-state index in [1.165, 1.54) is 26.5 Å². The zero-order chi connectivity index (χ0) is 18.1. The molecule has 26 heavy (non-hydrogen) atoms. The third-order valence-electron chi connectivity index (χ3n) is 4.32. The molecule has 3 nitrogen and oxygen atoms in total.